The Morgan fingerprint density at radius 2 is 1.55 bits per heavy atom. The molecule has 2 aromatic carbocycles. The Kier molecular flexibility index (Phi) is 7.38. The van der Waals surface area contributed by atoms with Gasteiger partial charge in [-0.3, -0.25) is 4.55 Å². The molecule has 12 heteroatoms. The Morgan fingerprint density at radius 3 is 2.00 bits per heavy atom. The molecule has 0 aliphatic carbocycles. The predicted molar refractivity (Wildman–Crippen MR) is 65.6 cm³/mol. The Hall–Kier alpha value is 0.120. The number of anilines is 1. The zero-order valence-corrected chi connectivity index (χ0v) is 17.2. The maximum absolute atomic E-state index is 11.7. The van der Waals surface area contributed by atoms with Crippen molar-refractivity contribution in [1.82, 2.24) is 0 Å². The van der Waals surface area contributed by atoms with E-state index in [0.29, 0.717) is 6.07 Å². The van der Waals surface area contributed by atoms with E-state index in [1.54, 1.807) is 0 Å². The molecule has 0 heterocycles. The quantitative estimate of drug-likeness (QED) is 0.303. The fraction of sp³-hybridized carbons (Fsp3) is 0. The third-order valence-electron chi connectivity index (χ3n) is 2.59. The smallest absolute Gasteiger partial charge is 0.872 e. The summed E-state index contributed by atoms with van der Waals surface area (Å²) in [4.78, 5) is -1.47. The van der Waals surface area contributed by atoms with Crippen LogP contribution in [0.2, 0.25) is 0 Å². The first-order chi connectivity index (χ1) is 9.00. The molecule has 108 valence electrons. The molecule has 0 unspecified atom stereocenters. The van der Waals surface area contributed by atoms with E-state index in [-0.39, 0.29) is 75.6 Å². The third-order valence-corrected chi connectivity index (χ3v) is 4.31. The second kappa shape index (κ2) is 7.34. The minimum Gasteiger partial charge on any atom is -0.872 e. The van der Waals surface area contributed by atoms with Crippen molar-refractivity contribution in [3.63, 3.8) is 0 Å². The van der Waals surface area contributed by atoms with E-state index >= 15 is 0 Å². The number of hydrogen-bond donors (Lipinski definition) is 2. The summed E-state index contributed by atoms with van der Waals surface area (Å²) < 4.78 is 63.8. The number of benzene rings is 2. The van der Waals surface area contributed by atoms with Crippen molar-refractivity contribution in [1.29, 1.82) is 0 Å². The number of rotatable bonds is 2. The summed E-state index contributed by atoms with van der Waals surface area (Å²) in [6, 6.07) is 3.28. The average molecular weight is 363 g/mol. The van der Waals surface area contributed by atoms with Gasteiger partial charge in [-0.25, -0.2) is 8.42 Å². The summed E-state index contributed by atoms with van der Waals surface area (Å²) in [5.41, 5.74) is 5.04. The molecule has 0 radical (unpaired) electrons. The SMILES string of the molecule is Nc1cc2c([O-])cc(S(=O)(=O)[O-])cc2cc1S(=O)(=O)O.[Na+].[Na+]. The molecule has 3 N–H and O–H groups in total. The van der Waals surface area contributed by atoms with Crippen LogP contribution in [0.25, 0.3) is 10.8 Å². The van der Waals surface area contributed by atoms with Crippen LogP contribution in [0.4, 0.5) is 5.69 Å². The summed E-state index contributed by atoms with van der Waals surface area (Å²) in [5, 5.41) is 11.5. The molecule has 0 aliphatic rings. The molecule has 0 atom stereocenters. The van der Waals surface area contributed by atoms with Gasteiger partial charge in [-0.1, -0.05) is 11.8 Å². The van der Waals surface area contributed by atoms with Gasteiger partial charge in [0.25, 0.3) is 10.1 Å². The van der Waals surface area contributed by atoms with Crippen LogP contribution in [-0.4, -0.2) is 25.9 Å². The second-order valence-corrected chi connectivity index (χ2v) is 6.73. The third kappa shape index (κ3) is 4.57. The first kappa shape index (κ1) is 22.1. The second-order valence-electron chi connectivity index (χ2n) is 3.96. The van der Waals surface area contributed by atoms with Crippen LogP contribution in [0.1, 0.15) is 0 Å². The maximum Gasteiger partial charge on any atom is 1.00 e. The molecule has 0 spiro atoms. The molecule has 0 saturated carbocycles. The van der Waals surface area contributed by atoms with E-state index in [2.05, 4.69) is 0 Å². The minimum atomic E-state index is -4.87. The van der Waals surface area contributed by atoms with E-state index in [1.807, 2.05) is 0 Å². The molecule has 0 fully saturated rings. The van der Waals surface area contributed by atoms with Gasteiger partial charge >= 0.3 is 59.1 Å². The van der Waals surface area contributed by atoms with E-state index in [4.69, 9.17) is 10.3 Å². The first-order valence-electron chi connectivity index (χ1n) is 4.98. The normalized spacial score (nSPS) is 11.5. The van der Waals surface area contributed by atoms with Crippen LogP contribution in [0.3, 0.4) is 0 Å². The van der Waals surface area contributed by atoms with E-state index < -0.39 is 35.8 Å². The standard InChI is InChI=1S/C10H9NO7S2.2Na/c11-8-4-7-5(2-10(8)20(16,17)18)1-6(3-9(7)12)19(13,14)15;;/h1-4,12H,11H2,(H,13,14,15)(H,16,17,18);;/q;2*+1/p-2. The fourth-order valence-electron chi connectivity index (χ4n) is 1.71. The molecule has 2 rings (SSSR count). The molecular weight excluding hydrogens is 356 g/mol. The van der Waals surface area contributed by atoms with Gasteiger partial charge in [0, 0.05) is 0 Å². The van der Waals surface area contributed by atoms with E-state index in [1.165, 1.54) is 0 Å². The summed E-state index contributed by atoms with van der Waals surface area (Å²) in [7, 11) is -9.51. The van der Waals surface area contributed by atoms with Crippen molar-refractivity contribution in [3.05, 3.63) is 24.3 Å². The van der Waals surface area contributed by atoms with Crippen molar-refractivity contribution in [2.75, 3.05) is 5.73 Å². The molecule has 0 bridgehead atoms. The first-order valence-corrected chi connectivity index (χ1v) is 7.82. The Balaban J connectivity index is 0.00000220. The van der Waals surface area contributed by atoms with Gasteiger partial charge in [0.15, 0.2) is 0 Å². The van der Waals surface area contributed by atoms with Gasteiger partial charge in [0.05, 0.1) is 10.6 Å². The monoisotopic (exact) mass is 363 g/mol. The molecule has 0 saturated heterocycles. The van der Waals surface area contributed by atoms with Gasteiger partial charge in [0.2, 0.25) is 0 Å². The van der Waals surface area contributed by atoms with Gasteiger partial charge < -0.3 is 15.4 Å². The topological polar surface area (TPSA) is 161 Å². The zero-order chi connectivity index (χ0) is 15.3. The minimum absolute atomic E-state index is 0. The number of nitrogens with two attached hydrogens (primary N) is 1. The average Bonchev–Trinajstić information content (AvgIpc) is 2.26. The van der Waals surface area contributed by atoms with Gasteiger partial charge in [-0.05, 0) is 29.0 Å². The Morgan fingerprint density at radius 1 is 1.00 bits per heavy atom. The van der Waals surface area contributed by atoms with Crippen LogP contribution in [0, 0.1) is 0 Å². The Bertz CT molecular complexity index is 926. The van der Waals surface area contributed by atoms with Crippen molar-refractivity contribution in [2.45, 2.75) is 9.79 Å². The van der Waals surface area contributed by atoms with Crippen molar-refractivity contribution < 1.29 is 90.2 Å². The molecule has 22 heavy (non-hydrogen) atoms. The number of fused-ring (bicyclic) bond motifs is 1. The Labute approximate surface area is 170 Å². The van der Waals surface area contributed by atoms with Crippen molar-refractivity contribution in [2.24, 2.45) is 0 Å². The zero-order valence-electron chi connectivity index (χ0n) is 11.6. The summed E-state index contributed by atoms with van der Waals surface area (Å²) in [6.07, 6.45) is 0. The summed E-state index contributed by atoms with van der Waals surface area (Å²) in [6.45, 7) is 0. The summed E-state index contributed by atoms with van der Waals surface area (Å²) in [5.74, 6) is -0.800. The molecule has 2 aromatic rings. The number of hydrogen-bond acceptors (Lipinski definition) is 7. The largest absolute Gasteiger partial charge is 1.00 e. The maximum atomic E-state index is 11.7. The molecule has 8 nitrogen and oxygen atoms in total. The van der Waals surface area contributed by atoms with Gasteiger partial charge in [-0.15, -0.1) is 0 Å². The van der Waals surface area contributed by atoms with Crippen molar-refractivity contribution in [3.8, 4) is 5.75 Å². The fourth-order valence-corrected chi connectivity index (χ4v) is 2.87. The molecule has 0 aliphatic heterocycles. The van der Waals surface area contributed by atoms with Crippen LogP contribution in [0.15, 0.2) is 34.1 Å². The van der Waals surface area contributed by atoms with Crippen LogP contribution in [0.5, 0.6) is 5.75 Å². The van der Waals surface area contributed by atoms with E-state index in [0.717, 1.165) is 18.2 Å². The predicted octanol–water partition coefficient (Wildman–Crippen LogP) is -6.35. The van der Waals surface area contributed by atoms with Crippen LogP contribution in [-0.2, 0) is 20.2 Å². The van der Waals surface area contributed by atoms with E-state index in [9.17, 15) is 26.5 Å². The van der Waals surface area contributed by atoms with Crippen LogP contribution >= 0.6 is 0 Å². The number of nitrogen functional groups attached to an aromatic ring is 1. The molecule has 0 aromatic heterocycles. The van der Waals surface area contributed by atoms with Gasteiger partial charge in [-0.2, -0.15) is 8.42 Å². The summed E-state index contributed by atoms with van der Waals surface area (Å²) >= 11 is 0. The van der Waals surface area contributed by atoms with Crippen LogP contribution < -0.4 is 70.0 Å². The molecular formula is C10H7NNa2O7S2. The van der Waals surface area contributed by atoms with Gasteiger partial charge in [0.1, 0.15) is 15.0 Å². The van der Waals surface area contributed by atoms with Crippen molar-refractivity contribution >= 4 is 36.7 Å². The molecule has 0 amide bonds.